The first kappa shape index (κ1) is 15.7. The lowest BCUT2D eigenvalue weighted by Crippen LogP contribution is -2.15. The van der Waals surface area contributed by atoms with Crippen molar-refractivity contribution in [3.05, 3.63) is 51.5 Å². The summed E-state index contributed by atoms with van der Waals surface area (Å²) < 4.78 is 0.840. The Morgan fingerprint density at radius 2 is 2.00 bits per heavy atom. The van der Waals surface area contributed by atoms with Crippen molar-refractivity contribution in [2.75, 3.05) is 30.0 Å². The predicted molar refractivity (Wildman–Crippen MR) is 92.3 cm³/mol. The van der Waals surface area contributed by atoms with Crippen LogP contribution in [0.25, 0.3) is 0 Å². The van der Waals surface area contributed by atoms with Crippen LogP contribution in [0.1, 0.15) is 10.4 Å². The maximum atomic E-state index is 12.2. The summed E-state index contributed by atoms with van der Waals surface area (Å²) in [6.45, 7) is 0. The van der Waals surface area contributed by atoms with Gasteiger partial charge < -0.3 is 16.0 Å². The molecule has 1 amide bonds. The number of halogens is 2. The molecule has 2 rings (SSSR count). The number of nitrogens with two attached hydrogens (primary N) is 1. The quantitative estimate of drug-likeness (QED) is 0.805. The van der Waals surface area contributed by atoms with Gasteiger partial charge in [0.1, 0.15) is 0 Å². The van der Waals surface area contributed by atoms with E-state index in [0.717, 1.165) is 10.2 Å². The fraction of sp³-hybridized carbons (Fsp3) is 0.133. The molecule has 2 aromatic carbocycles. The molecular weight excluding hydrogens is 354 g/mol. The number of hydrogen-bond acceptors (Lipinski definition) is 3. The van der Waals surface area contributed by atoms with Gasteiger partial charge in [-0.2, -0.15) is 0 Å². The first-order valence-electron chi connectivity index (χ1n) is 6.21. The zero-order valence-electron chi connectivity index (χ0n) is 11.7. The number of carbonyl (C=O) groups excluding carboxylic acids is 1. The highest BCUT2D eigenvalue weighted by molar-refractivity contribution is 9.10. The first-order valence-corrected chi connectivity index (χ1v) is 7.39. The third kappa shape index (κ3) is 3.68. The fourth-order valence-corrected chi connectivity index (χ4v) is 2.50. The van der Waals surface area contributed by atoms with E-state index in [4.69, 9.17) is 17.3 Å². The number of hydrogen-bond donors (Lipinski definition) is 2. The Morgan fingerprint density at radius 1 is 1.29 bits per heavy atom. The summed E-state index contributed by atoms with van der Waals surface area (Å²) in [7, 11) is 3.75. The Labute approximate surface area is 137 Å². The average Bonchev–Trinajstić information content (AvgIpc) is 2.41. The minimum absolute atomic E-state index is 0.229. The highest BCUT2D eigenvalue weighted by Gasteiger charge is 2.12. The van der Waals surface area contributed by atoms with Crippen LogP contribution < -0.4 is 16.0 Å². The van der Waals surface area contributed by atoms with Gasteiger partial charge in [0.15, 0.2) is 0 Å². The molecule has 6 heteroatoms. The Hall–Kier alpha value is -1.72. The normalized spacial score (nSPS) is 10.3. The molecule has 0 atom stereocenters. The summed E-state index contributed by atoms with van der Waals surface area (Å²) >= 11 is 9.49. The molecule has 0 radical (unpaired) electrons. The molecule has 0 saturated carbocycles. The predicted octanol–water partition coefficient (Wildman–Crippen LogP) is 4.00. The summed E-state index contributed by atoms with van der Waals surface area (Å²) in [5.74, 6) is -0.229. The number of benzene rings is 2. The third-order valence-electron chi connectivity index (χ3n) is 2.93. The van der Waals surface area contributed by atoms with Gasteiger partial charge in [-0.15, -0.1) is 0 Å². The molecule has 0 aromatic heterocycles. The van der Waals surface area contributed by atoms with Crippen LogP contribution in [0.3, 0.4) is 0 Å². The van der Waals surface area contributed by atoms with E-state index in [9.17, 15) is 4.79 Å². The van der Waals surface area contributed by atoms with Crippen molar-refractivity contribution in [1.82, 2.24) is 0 Å². The molecule has 0 bridgehead atoms. The Balaban J connectivity index is 2.31. The lowest BCUT2D eigenvalue weighted by atomic mass is 10.2. The number of carbonyl (C=O) groups is 1. The van der Waals surface area contributed by atoms with Gasteiger partial charge in [-0.25, -0.2) is 0 Å². The molecule has 0 fully saturated rings. The number of amides is 1. The zero-order valence-corrected chi connectivity index (χ0v) is 14.0. The van der Waals surface area contributed by atoms with Gasteiger partial charge in [-0.1, -0.05) is 33.6 Å². The number of nitrogens with zero attached hydrogens (tertiary/aromatic N) is 1. The van der Waals surface area contributed by atoms with Crippen molar-refractivity contribution in [3.63, 3.8) is 0 Å². The molecular formula is C15H15BrClN3O. The molecule has 2 aromatic rings. The van der Waals surface area contributed by atoms with Crippen molar-refractivity contribution in [1.29, 1.82) is 0 Å². The van der Waals surface area contributed by atoms with Gasteiger partial charge in [0.05, 0.1) is 22.1 Å². The van der Waals surface area contributed by atoms with Crippen LogP contribution in [0, 0.1) is 0 Å². The van der Waals surface area contributed by atoms with E-state index in [1.54, 1.807) is 30.3 Å². The highest BCUT2D eigenvalue weighted by atomic mass is 79.9. The Morgan fingerprint density at radius 3 is 2.62 bits per heavy atom. The molecule has 0 saturated heterocycles. The average molecular weight is 369 g/mol. The second kappa shape index (κ2) is 6.37. The summed E-state index contributed by atoms with van der Waals surface area (Å²) in [6.07, 6.45) is 0. The largest absolute Gasteiger partial charge is 0.397 e. The minimum Gasteiger partial charge on any atom is -0.397 e. The van der Waals surface area contributed by atoms with E-state index >= 15 is 0 Å². The maximum Gasteiger partial charge on any atom is 0.255 e. The van der Waals surface area contributed by atoms with E-state index < -0.39 is 0 Å². The Bertz CT molecular complexity index is 689. The van der Waals surface area contributed by atoms with E-state index in [1.807, 2.05) is 25.1 Å². The van der Waals surface area contributed by atoms with E-state index in [-0.39, 0.29) is 5.91 Å². The molecule has 0 aliphatic heterocycles. The molecule has 0 heterocycles. The SMILES string of the molecule is CN(C)c1cc(NC(=O)c2cccc(Br)c2)c(Cl)cc1N. The lowest BCUT2D eigenvalue weighted by Gasteiger charge is -2.18. The highest BCUT2D eigenvalue weighted by Crippen LogP contribution is 2.32. The van der Waals surface area contributed by atoms with Crippen LogP contribution in [0.15, 0.2) is 40.9 Å². The summed E-state index contributed by atoms with van der Waals surface area (Å²) in [5.41, 5.74) is 8.34. The number of nitrogen functional groups attached to an aromatic ring is 1. The molecule has 4 nitrogen and oxygen atoms in total. The van der Waals surface area contributed by atoms with E-state index in [2.05, 4.69) is 21.2 Å². The van der Waals surface area contributed by atoms with E-state index in [1.165, 1.54) is 0 Å². The molecule has 110 valence electrons. The van der Waals surface area contributed by atoms with Crippen LogP contribution in [-0.4, -0.2) is 20.0 Å². The van der Waals surface area contributed by atoms with Crippen molar-refractivity contribution < 1.29 is 4.79 Å². The van der Waals surface area contributed by atoms with Crippen LogP contribution in [-0.2, 0) is 0 Å². The summed E-state index contributed by atoms with van der Waals surface area (Å²) in [6, 6.07) is 10.5. The van der Waals surface area contributed by atoms with Gasteiger partial charge >= 0.3 is 0 Å². The minimum atomic E-state index is -0.229. The third-order valence-corrected chi connectivity index (χ3v) is 3.74. The molecule has 0 unspecified atom stereocenters. The standard InChI is InChI=1S/C15H15BrClN3O/c1-20(2)14-8-13(11(17)7-12(14)18)19-15(21)9-4-3-5-10(16)6-9/h3-8H,18H2,1-2H3,(H,19,21). The summed E-state index contributed by atoms with van der Waals surface area (Å²) in [4.78, 5) is 14.1. The molecule has 0 spiro atoms. The number of rotatable bonds is 3. The zero-order chi connectivity index (χ0) is 15.6. The van der Waals surface area contributed by atoms with Gasteiger partial charge in [-0.05, 0) is 30.3 Å². The van der Waals surface area contributed by atoms with E-state index in [0.29, 0.717) is 22.0 Å². The van der Waals surface area contributed by atoms with Gasteiger partial charge in [0.2, 0.25) is 0 Å². The molecule has 3 N–H and O–H groups in total. The lowest BCUT2D eigenvalue weighted by molar-refractivity contribution is 0.102. The Kier molecular flexibility index (Phi) is 4.75. The van der Waals surface area contributed by atoms with Crippen LogP contribution in [0.4, 0.5) is 17.1 Å². The fourth-order valence-electron chi connectivity index (χ4n) is 1.88. The topological polar surface area (TPSA) is 58.4 Å². The maximum absolute atomic E-state index is 12.2. The van der Waals surface area contributed by atoms with Gasteiger partial charge in [0.25, 0.3) is 5.91 Å². The number of anilines is 3. The van der Waals surface area contributed by atoms with Crippen molar-refractivity contribution in [3.8, 4) is 0 Å². The van der Waals surface area contributed by atoms with Crippen LogP contribution >= 0.6 is 27.5 Å². The van der Waals surface area contributed by atoms with Crippen LogP contribution in [0.5, 0.6) is 0 Å². The molecule has 0 aliphatic carbocycles. The van der Waals surface area contributed by atoms with Crippen molar-refractivity contribution >= 4 is 50.5 Å². The second-order valence-corrected chi connectivity index (χ2v) is 6.07. The smallest absolute Gasteiger partial charge is 0.255 e. The summed E-state index contributed by atoms with van der Waals surface area (Å²) in [5, 5.41) is 3.21. The van der Waals surface area contributed by atoms with Crippen molar-refractivity contribution in [2.24, 2.45) is 0 Å². The molecule has 0 aliphatic rings. The molecule has 21 heavy (non-hydrogen) atoms. The first-order chi connectivity index (χ1) is 9.88. The van der Waals surface area contributed by atoms with Gasteiger partial charge in [0, 0.05) is 24.1 Å². The number of nitrogens with one attached hydrogen (secondary N) is 1. The second-order valence-electron chi connectivity index (χ2n) is 4.75. The monoisotopic (exact) mass is 367 g/mol. The van der Waals surface area contributed by atoms with Crippen LogP contribution in [0.2, 0.25) is 5.02 Å². The van der Waals surface area contributed by atoms with Crippen molar-refractivity contribution in [2.45, 2.75) is 0 Å². The van der Waals surface area contributed by atoms with Gasteiger partial charge in [-0.3, -0.25) is 4.79 Å².